The molecule has 1 aromatic heterocycles. The molecular formula is C23H26N2O7. The van der Waals surface area contributed by atoms with E-state index in [4.69, 9.17) is 18.6 Å². The zero-order valence-corrected chi connectivity index (χ0v) is 18.1. The van der Waals surface area contributed by atoms with Crippen molar-refractivity contribution in [2.75, 3.05) is 53.6 Å². The molecule has 1 amide bonds. The Morgan fingerprint density at radius 2 is 1.88 bits per heavy atom. The number of carbonyl (C=O) groups excluding carboxylic acids is 3. The molecule has 2 atom stereocenters. The maximum Gasteiger partial charge on any atom is 0.291 e. The summed E-state index contributed by atoms with van der Waals surface area (Å²) in [5.41, 5.74) is 0.540. The predicted molar refractivity (Wildman–Crippen MR) is 113 cm³/mol. The van der Waals surface area contributed by atoms with Crippen molar-refractivity contribution in [3.63, 3.8) is 0 Å². The third kappa shape index (κ3) is 4.13. The molecule has 0 radical (unpaired) electrons. The van der Waals surface area contributed by atoms with Crippen molar-refractivity contribution >= 4 is 17.5 Å². The summed E-state index contributed by atoms with van der Waals surface area (Å²) in [7, 11) is 3.03. The van der Waals surface area contributed by atoms with Crippen LogP contribution >= 0.6 is 0 Å². The van der Waals surface area contributed by atoms with Crippen LogP contribution < -0.4 is 9.47 Å². The van der Waals surface area contributed by atoms with Gasteiger partial charge in [-0.15, -0.1) is 0 Å². The molecule has 4 rings (SSSR count). The Balaban J connectivity index is 1.73. The van der Waals surface area contributed by atoms with Crippen LogP contribution in [0.15, 0.2) is 41.0 Å². The third-order valence-electron chi connectivity index (χ3n) is 5.97. The number of morpholine rings is 1. The van der Waals surface area contributed by atoms with Crippen LogP contribution in [0.3, 0.4) is 0 Å². The zero-order valence-electron chi connectivity index (χ0n) is 18.1. The molecule has 9 nitrogen and oxygen atoms in total. The average molecular weight is 442 g/mol. The fraction of sp³-hybridized carbons (Fsp3) is 0.435. The van der Waals surface area contributed by atoms with Gasteiger partial charge in [-0.25, -0.2) is 0 Å². The highest BCUT2D eigenvalue weighted by Crippen LogP contribution is 2.43. The van der Waals surface area contributed by atoms with E-state index in [0.717, 1.165) is 13.1 Å². The fourth-order valence-electron chi connectivity index (χ4n) is 4.29. The van der Waals surface area contributed by atoms with Crippen molar-refractivity contribution in [1.29, 1.82) is 0 Å². The number of methoxy groups -OCH3 is 2. The second-order valence-electron chi connectivity index (χ2n) is 7.69. The van der Waals surface area contributed by atoms with Crippen molar-refractivity contribution in [1.82, 2.24) is 9.80 Å². The first-order valence-electron chi connectivity index (χ1n) is 10.5. The summed E-state index contributed by atoms with van der Waals surface area (Å²) in [6.07, 6.45) is 1.37. The summed E-state index contributed by atoms with van der Waals surface area (Å²) >= 11 is 0. The van der Waals surface area contributed by atoms with Crippen molar-refractivity contribution in [3.05, 3.63) is 47.9 Å². The lowest BCUT2D eigenvalue weighted by molar-refractivity contribution is -0.141. The molecule has 9 heteroatoms. The number of carbonyl (C=O) groups is 3. The Bertz CT molecular complexity index is 982. The molecule has 2 fully saturated rings. The molecule has 2 aromatic rings. The van der Waals surface area contributed by atoms with E-state index in [1.54, 1.807) is 24.3 Å². The van der Waals surface area contributed by atoms with Gasteiger partial charge >= 0.3 is 0 Å². The minimum absolute atomic E-state index is 0.0399. The number of ketones is 2. The lowest BCUT2D eigenvalue weighted by Crippen LogP contribution is -2.43. The Morgan fingerprint density at radius 1 is 1.09 bits per heavy atom. The first kappa shape index (κ1) is 22.0. The third-order valence-corrected chi connectivity index (χ3v) is 5.97. The molecule has 170 valence electrons. The van der Waals surface area contributed by atoms with E-state index in [2.05, 4.69) is 4.90 Å². The molecular weight excluding hydrogens is 416 g/mol. The Hall–Kier alpha value is -3.17. The molecule has 2 saturated heterocycles. The van der Waals surface area contributed by atoms with Crippen molar-refractivity contribution < 1.29 is 33.0 Å². The standard InChI is InChI=1S/C23H26N2O7/c1-29-15-5-6-17(30-2)16(14-15)20-19(21(26)18-4-3-11-32-18)22(27)23(28)25(20)8-7-24-9-12-31-13-10-24/h3-6,11,14,19-20H,7-10,12-13H2,1-2H3. The van der Waals surface area contributed by atoms with E-state index in [9.17, 15) is 14.4 Å². The van der Waals surface area contributed by atoms with Gasteiger partial charge in [0.2, 0.25) is 11.6 Å². The molecule has 0 saturated carbocycles. The van der Waals surface area contributed by atoms with Crippen molar-refractivity contribution in [2.24, 2.45) is 5.92 Å². The number of rotatable bonds is 8. The zero-order chi connectivity index (χ0) is 22.7. The van der Waals surface area contributed by atoms with Gasteiger partial charge in [0.15, 0.2) is 5.76 Å². The summed E-state index contributed by atoms with van der Waals surface area (Å²) in [5, 5.41) is 0. The van der Waals surface area contributed by atoms with E-state index < -0.39 is 29.4 Å². The summed E-state index contributed by atoms with van der Waals surface area (Å²) in [6.45, 7) is 3.60. The van der Waals surface area contributed by atoms with Gasteiger partial charge < -0.3 is 23.5 Å². The smallest absolute Gasteiger partial charge is 0.291 e. The second kappa shape index (κ2) is 9.54. The van der Waals surface area contributed by atoms with Gasteiger partial charge in [0.05, 0.1) is 39.7 Å². The highest BCUT2D eigenvalue weighted by Gasteiger charge is 2.53. The number of furan rings is 1. The van der Waals surface area contributed by atoms with Gasteiger partial charge in [0.1, 0.15) is 17.4 Å². The molecule has 2 aliphatic heterocycles. The summed E-state index contributed by atoms with van der Waals surface area (Å²) in [4.78, 5) is 43.1. The fourth-order valence-corrected chi connectivity index (χ4v) is 4.29. The maximum absolute atomic E-state index is 13.3. The quantitative estimate of drug-likeness (QED) is 0.345. The SMILES string of the molecule is COc1ccc(OC)c(C2C(C(=O)c3ccco3)C(=O)C(=O)N2CCN2CCOCC2)c1. The number of benzene rings is 1. The van der Waals surface area contributed by atoms with E-state index >= 15 is 0 Å². The lowest BCUT2D eigenvalue weighted by atomic mass is 9.87. The van der Waals surface area contributed by atoms with Gasteiger partial charge in [-0.1, -0.05) is 0 Å². The normalized spacial score (nSPS) is 21.8. The van der Waals surface area contributed by atoms with E-state index in [1.807, 2.05) is 0 Å². The lowest BCUT2D eigenvalue weighted by Gasteiger charge is -2.32. The minimum atomic E-state index is -1.24. The van der Waals surface area contributed by atoms with Gasteiger partial charge in [-0.05, 0) is 30.3 Å². The summed E-state index contributed by atoms with van der Waals surface area (Å²) < 4.78 is 21.5. The van der Waals surface area contributed by atoms with Crippen LogP contribution in [-0.4, -0.2) is 80.9 Å². The first-order chi connectivity index (χ1) is 15.5. The Morgan fingerprint density at radius 3 is 2.53 bits per heavy atom. The van der Waals surface area contributed by atoms with Crippen LogP contribution in [0.25, 0.3) is 0 Å². The molecule has 0 spiro atoms. The predicted octanol–water partition coefficient (Wildman–Crippen LogP) is 1.58. The molecule has 3 heterocycles. The topological polar surface area (TPSA) is 98.5 Å². The Labute approximate surface area is 185 Å². The highest BCUT2D eigenvalue weighted by molar-refractivity contribution is 6.43. The largest absolute Gasteiger partial charge is 0.497 e. The van der Waals surface area contributed by atoms with Gasteiger partial charge in [-0.3, -0.25) is 19.3 Å². The number of hydrogen-bond donors (Lipinski definition) is 0. The van der Waals surface area contributed by atoms with Crippen LogP contribution in [-0.2, 0) is 14.3 Å². The molecule has 0 N–H and O–H groups in total. The molecule has 2 aliphatic rings. The average Bonchev–Trinajstić information content (AvgIpc) is 3.45. The highest BCUT2D eigenvalue weighted by atomic mass is 16.5. The number of ether oxygens (including phenoxy) is 3. The first-order valence-corrected chi connectivity index (χ1v) is 10.5. The number of Topliss-reactive ketones (excluding diaryl/α,β-unsaturated/α-hetero) is 2. The van der Waals surface area contributed by atoms with Gasteiger partial charge in [0.25, 0.3) is 5.91 Å². The summed E-state index contributed by atoms with van der Waals surface area (Å²) in [6, 6.07) is 7.37. The maximum atomic E-state index is 13.3. The number of amides is 1. The second-order valence-corrected chi connectivity index (χ2v) is 7.69. The Kier molecular flexibility index (Phi) is 6.57. The van der Waals surface area contributed by atoms with Crippen LogP contribution in [0.1, 0.15) is 22.2 Å². The van der Waals surface area contributed by atoms with E-state index in [0.29, 0.717) is 36.8 Å². The van der Waals surface area contributed by atoms with Gasteiger partial charge in [-0.2, -0.15) is 0 Å². The number of nitrogens with zero attached hydrogens (tertiary/aromatic N) is 2. The monoisotopic (exact) mass is 442 g/mol. The number of likely N-dealkylation sites (tertiary alicyclic amines) is 1. The molecule has 1 aromatic carbocycles. The van der Waals surface area contributed by atoms with Crippen LogP contribution in [0.5, 0.6) is 11.5 Å². The molecule has 32 heavy (non-hydrogen) atoms. The van der Waals surface area contributed by atoms with Crippen molar-refractivity contribution in [2.45, 2.75) is 6.04 Å². The molecule has 2 unspecified atom stereocenters. The van der Waals surface area contributed by atoms with E-state index in [-0.39, 0.29) is 12.3 Å². The van der Waals surface area contributed by atoms with E-state index in [1.165, 1.54) is 31.4 Å². The minimum Gasteiger partial charge on any atom is -0.497 e. The van der Waals surface area contributed by atoms with Crippen LogP contribution in [0.2, 0.25) is 0 Å². The summed E-state index contributed by atoms with van der Waals surface area (Å²) in [5.74, 6) is -2.16. The molecule has 0 aliphatic carbocycles. The number of hydrogen-bond acceptors (Lipinski definition) is 8. The van der Waals surface area contributed by atoms with Crippen LogP contribution in [0, 0.1) is 5.92 Å². The van der Waals surface area contributed by atoms with Gasteiger partial charge in [0, 0.05) is 31.7 Å². The van der Waals surface area contributed by atoms with Crippen LogP contribution in [0.4, 0.5) is 0 Å². The van der Waals surface area contributed by atoms with Crippen molar-refractivity contribution in [3.8, 4) is 11.5 Å². The molecule has 0 bridgehead atoms.